The van der Waals surface area contributed by atoms with E-state index in [0.29, 0.717) is 0 Å². The molecule has 1 aromatic carbocycles. The molecule has 0 aliphatic carbocycles. The molecule has 8 nitrogen and oxygen atoms in total. The zero-order valence-electron chi connectivity index (χ0n) is 15.1. The number of rotatable bonds is 7. The van der Waals surface area contributed by atoms with Gasteiger partial charge in [-0.3, -0.25) is 14.4 Å². The lowest BCUT2D eigenvalue weighted by molar-refractivity contribution is -0.131. The topological polar surface area (TPSA) is 96.0 Å². The lowest BCUT2D eigenvalue weighted by Crippen LogP contribution is -2.37. The van der Waals surface area contributed by atoms with Crippen LogP contribution >= 0.6 is 0 Å². The minimum Gasteiger partial charge on any atom is -0.352 e. The van der Waals surface area contributed by atoms with E-state index in [2.05, 4.69) is 5.32 Å². The number of carbonyl (C=O) groups is 2. The Bertz CT molecular complexity index is 745. The molecule has 0 saturated carbocycles. The summed E-state index contributed by atoms with van der Waals surface area (Å²) in [4.78, 5) is 30.8. The molecule has 1 aromatic rings. The summed E-state index contributed by atoms with van der Waals surface area (Å²) in [5.41, 5.74) is 0.209. The average molecular weight is 383 g/mol. The Kier molecular flexibility index (Phi) is 7.13. The second-order valence-electron chi connectivity index (χ2n) is 6.07. The van der Waals surface area contributed by atoms with E-state index in [0.717, 1.165) is 36.8 Å². The van der Waals surface area contributed by atoms with Crippen LogP contribution in [-0.4, -0.2) is 63.4 Å². The summed E-state index contributed by atoms with van der Waals surface area (Å²) < 4.78 is 25.2. The molecule has 2 rings (SSSR count). The highest BCUT2D eigenvalue weighted by Gasteiger charge is 2.22. The fourth-order valence-corrected chi connectivity index (χ4v) is 3.75. The van der Waals surface area contributed by atoms with Gasteiger partial charge in [-0.25, -0.2) is 8.42 Å². The smallest absolute Gasteiger partial charge is 0.264 e. The van der Waals surface area contributed by atoms with Crippen LogP contribution in [0.3, 0.4) is 0 Å². The fraction of sp³-hybridized carbons (Fsp3) is 0.529. The van der Waals surface area contributed by atoms with Gasteiger partial charge in [-0.2, -0.15) is 0 Å². The van der Waals surface area contributed by atoms with Gasteiger partial charge in [0.15, 0.2) is 0 Å². The predicted molar refractivity (Wildman–Crippen MR) is 95.8 cm³/mol. The van der Waals surface area contributed by atoms with Gasteiger partial charge >= 0.3 is 0 Å². The Balaban J connectivity index is 1.93. The first kappa shape index (κ1) is 20.3. The van der Waals surface area contributed by atoms with Crippen LogP contribution in [-0.2, 0) is 19.7 Å². The molecule has 1 fully saturated rings. The first-order chi connectivity index (χ1) is 12.4. The van der Waals surface area contributed by atoms with Crippen molar-refractivity contribution >= 4 is 21.8 Å². The first-order valence-electron chi connectivity index (χ1n) is 8.55. The van der Waals surface area contributed by atoms with E-state index in [4.69, 9.17) is 4.84 Å². The van der Waals surface area contributed by atoms with Crippen LogP contribution in [0.25, 0.3) is 0 Å². The minimum absolute atomic E-state index is 0.0306. The molecule has 144 valence electrons. The average Bonchev–Trinajstić information content (AvgIpc) is 2.67. The van der Waals surface area contributed by atoms with Crippen molar-refractivity contribution in [2.45, 2.75) is 30.6 Å². The number of sulfonamides is 1. The van der Waals surface area contributed by atoms with Crippen LogP contribution in [0.15, 0.2) is 29.2 Å². The third-order valence-corrected chi connectivity index (χ3v) is 6.00. The number of hydroxylamine groups is 1. The maximum absolute atomic E-state index is 12.2. The van der Waals surface area contributed by atoms with E-state index in [-0.39, 0.29) is 29.3 Å². The van der Waals surface area contributed by atoms with Gasteiger partial charge in [0.05, 0.1) is 12.0 Å². The molecular weight excluding hydrogens is 358 g/mol. The van der Waals surface area contributed by atoms with Crippen LogP contribution < -0.4 is 5.32 Å². The Morgan fingerprint density at radius 3 is 2.58 bits per heavy atom. The highest BCUT2D eigenvalue weighted by Crippen LogP contribution is 2.16. The van der Waals surface area contributed by atoms with Gasteiger partial charge in [0.25, 0.3) is 15.9 Å². The van der Waals surface area contributed by atoms with Crippen molar-refractivity contribution in [3.8, 4) is 0 Å². The summed E-state index contributed by atoms with van der Waals surface area (Å²) in [6, 6.07) is 5.69. The van der Waals surface area contributed by atoms with Crippen molar-refractivity contribution in [2.24, 2.45) is 0 Å². The Morgan fingerprint density at radius 1 is 1.23 bits per heavy atom. The molecule has 0 bridgehead atoms. The number of benzene rings is 1. The number of hydrogen-bond acceptors (Lipinski definition) is 5. The van der Waals surface area contributed by atoms with Crippen molar-refractivity contribution in [1.82, 2.24) is 14.7 Å². The number of nitrogens with one attached hydrogen (secondary N) is 1. The molecule has 1 aliphatic heterocycles. The molecule has 2 amide bonds. The van der Waals surface area contributed by atoms with E-state index in [1.807, 2.05) is 4.90 Å². The third-order valence-electron chi connectivity index (χ3n) is 4.32. The maximum Gasteiger partial charge on any atom is 0.264 e. The van der Waals surface area contributed by atoms with E-state index in [1.165, 1.54) is 38.4 Å². The zero-order chi connectivity index (χ0) is 19.2. The van der Waals surface area contributed by atoms with Gasteiger partial charge < -0.3 is 10.2 Å². The number of carbonyl (C=O) groups excluding carboxylic acids is 2. The molecule has 1 aliphatic rings. The summed E-state index contributed by atoms with van der Waals surface area (Å²) in [5, 5.41) is 2.66. The maximum atomic E-state index is 12.2. The summed E-state index contributed by atoms with van der Waals surface area (Å²) in [6.45, 7) is 1.77. The molecule has 1 N–H and O–H groups in total. The Morgan fingerprint density at radius 2 is 1.92 bits per heavy atom. The molecule has 26 heavy (non-hydrogen) atoms. The highest BCUT2D eigenvalue weighted by molar-refractivity contribution is 7.89. The van der Waals surface area contributed by atoms with Crippen LogP contribution in [0.1, 0.15) is 36.0 Å². The van der Waals surface area contributed by atoms with Gasteiger partial charge in [-0.1, -0.05) is 10.5 Å². The minimum atomic E-state index is -3.82. The summed E-state index contributed by atoms with van der Waals surface area (Å²) in [6.07, 6.45) is 3.43. The zero-order valence-corrected chi connectivity index (χ0v) is 15.9. The second-order valence-corrected chi connectivity index (χ2v) is 8.01. The first-order valence-corrected chi connectivity index (χ1v) is 9.99. The van der Waals surface area contributed by atoms with Gasteiger partial charge in [-0.05, 0) is 37.5 Å². The Hall–Kier alpha value is -1.97. The van der Waals surface area contributed by atoms with E-state index in [9.17, 15) is 18.0 Å². The molecule has 0 unspecified atom stereocenters. The van der Waals surface area contributed by atoms with Crippen LogP contribution in [0, 0.1) is 0 Å². The molecular formula is C17H25N3O5S. The summed E-state index contributed by atoms with van der Waals surface area (Å²) in [7, 11) is -1.31. The van der Waals surface area contributed by atoms with Crippen molar-refractivity contribution in [2.75, 3.05) is 33.8 Å². The van der Waals surface area contributed by atoms with Crippen LogP contribution in [0.2, 0.25) is 0 Å². The van der Waals surface area contributed by atoms with Crippen LogP contribution in [0.4, 0.5) is 0 Å². The third kappa shape index (κ3) is 5.03. The van der Waals surface area contributed by atoms with Crippen LogP contribution in [0.5, 0.6) is 0 Å². The monoisotopic (exact) mass is 383 g/mol. The molecule has 9 heteroatoms. The molecule has 0 spiro atoms. The van der Waals surface area contributed by atoms with Crippen molar-refractivity contribution < 1.29 is 22.8 Å². The lowest BCUT2D eigenvalue weighted by Gasteiger charge is -2.26. The largest absolute Gasteiger partial charge is 0.352 e. The predicted octanol–water partition coefficient (Wildman–Crippen LogP) is 1.00. The Labute approximate surface area is 154 Å². The summed E-state index contributed by atoms with van der Waals surface area (Å²) >= 11 is 0. The normalized spacial score (nSPS) is 15.1. The van der Waals surface area contributed by atoms with Crippen molar-refractivity contribution in [3.63, 3.8) is 0 Å². The molecule has 0 atom stereocenters. The van der Waals surface area contributed by atoms with Gasteiger partial charge in [0, 0.05) is 38.7 Å². The summed E-state index contributed by atoms with van der Waals surface area (Å²) in [5.74, 6) is -0.392. The number of amides is 2. The molecule has 0 aromatic heterocycles. The fourth-order valence-electron chi connectivity index (χ4n) is 2.73. The highest BCUT2D eigenvalue weighted by atomic mass is 32.2. The molecule has 1 heterocycles. The van der Waals surface area contributed by atoms with Crippen molar-refractivity contribution in [1.29, 1.82) is 0 Å². The van der Waals surface area contributed by atoms with E-state index >= 15 is 0 Å². The molecule has 0 radical (unpaired) electrons. The lowest BCUT2D eigenvalue weighted by atomic mass is 10.1. The van der Waals surface area contributed by atoms with Gasteiger partial charge in [0.2, 0.25) is 5.91 Å². The van der Waals surface area contributed by atoms with E-state index < -0.39 is 15.9 Å². The van der Waals surface area contributed by atoms with Gasteiger partial charge in [0.1, 0.15) is 0 Å². The number of hydrogen-bond donors (Lipinski definition) is 1. The standard InChI is InChI=1S/C17H25N3O5S/c1-19(25-2)26(23,24)15-8-6-7-14(13-15)17(22)18-10-9-16(21)20-11-4-3-5-12-20/h6-8,13H,3-5,9-12H2,1-2H3,(H,18,22). The quantitative estimate of drug-likeness (QED) is 0.709. The SMILES string of the molecule is CON(C)S(=O)(=O)c1cccc(C(=O)NCCC(=O)N2CCCCC2)c1. The van der Waals surface area contributed by atoms with Gasteiger partial charge in [-0.15, -0.1) is 0 Å². The number of piperidine rings is 1. The number of nitrogens with zero attached hydrogens (tertiary/aromatic N) is 2. The van der Waals surface area contributed by atoms with E-state index in [1.54, 1.807) is 0 Å². The second kappa shape index (κ2) is 9.11. The van der Waals surface area contributed by atoms with Crippen molar-refractivity contribution in [3.05, 3.63) is 29.8 Å². The number of likely N-dealkylation sites (tertiary alicyclic amines) is 1. The molecule has 1 saturated heterocycles.